The third kappa shape index (κ3) is 3.73. The van der Waals surface area contributed by atoms with Crippen LogP contribution in [0.4, 0.5) is 0 Å². The second kappa shape index (κ2) is 6.87. The van der Waals surface area contributed by atoms with Gasteiger partial charge in [0.15, 0.2) is 5.82 Å². The van der Waals surface area contributed by atoms with Crippen molar-refractivity contribution in [2.75, 3.05) is 13.1 Å². The molecule has 3 rings (SSSR count). The van der Waals surface area contributed by atoms with Gasteiger partial charge in [0.25, 0.3) is 5.91 Å². The number of aromatic amines is 1. The van der Waals surface area contributed by atoms with Crippen LogP contribution in [0.3, 0.4) is 0 Å². The fraction of sp³-hybridized carbons (Fsp3) is 0.500. The third-order valence-corrected chi connectivity index (χ3v) is 4.26. The minimum absolute atomic E-state index is 0.0464. The highest BCUT2D eigenvalue weighted by atomic mass is 16.1. The van der Waals surface area contributed by atoms with Crippen LogP contribution in [-0.2, 0) is 0 Å². The Balaban J connectivity index is 1.68. The summed E-state index contributed by atoms with van der Waals surface area (Å²) in [5.74, 6) is 0.512. The standard InChI is InChI=1S/C16H22N6O/c1-11(2)22-8-4-7-14(10-22)17-16(23)13-6-3-5-12(9-13)15-18-20-21-19-15/h3,5-6,9,11,14H,4,7-8,10H2,1-2H3,(H,17,23)(H,18,19,20,21)/t14-/m1/s1. The largest absolute Gasteiger partial charge is 0.348 e. The number of carbonyl (C=O) groups excluding carboxylic acids is 1. The van der Waals surface area contributed by atoms with E-state index in [1.54, 1.807) is 6.07 Å². The Hall–Kier alpha value is -2.28. The van der Waals surface area contributed by atoms with Gasteiger partial charge in [0, 0.05) is 29.8 Å². The fourth-order valence-corrected chi connectivity index (χ4v) is 2.95. The van der Waals surface area contributed by atoms with Gasteiger partial charge in [-0.3, -0.25) is 9.69 Å². The number of hydrogen-bond donors (Lipinski definition) is 2. The smallest absolute Gasteiger partial charge is 0.251 e. The predicted octanol–water partition coefficient (Wildman–Crippen LogP) is 1.47. The van der Waals surface area contributed by atoms with Crippen LogP contribution >= 0.6 is 0 Å². The van der Waals surface area contributed by atoms with Crippen molar-refractivity contribution in [2.24, 2.45) is 0 Å². The van der Waals surface area contributed by atoms with E-state index in [-0.39, 0.29) is 11.9 Å². The summed E-state index contributed by atoms with van der Waals surface area (Å²) in [5.41, 5.74) is 1.43. The average molecular weight is 314 g/mol. The van der Waals surface area contributed by atoms with Gasteiger partial charge in [-0.25, -0.2) is 5.10 Å². The van der Waals surface area contributed by atoms with Crippen molar-refractivity contribution in [3.05, 3.63) is 29.8 Å². The van der Waals surface area contributed by atoms with E-state index in [4.69, 9.17) is 0 Å². The second-order valence-electron chi connectivity index (χ2n) is 6.23. The topological polar surface area (TPSA) is 86.8 Å². The van der Waals surface area contributed by atoms with E-state index in [0.29, 0.717) is 17.4 Å². The number of tetrazole rings is 1. The van der Waals surface area contributed by atoms with Crippen LogP contribution < -0.4 is 5.32 Å². The van der Waals surface area contributed by atoms with Crippen molar-refractivity contribution >= 4 is 5.91 Å². The van der Waals surface area contributed by atoms with Crippen molar-refractivity contribution in [2.45, 2.75) is 38.8 Å². The van der Waals surface area contributed by atoms with E-state index in [0.717, 1.165) is 31.5 Å². The van der Waals surface area contributed by atoms with Crippen molar-refractivity contribution in [1.29, 1.82) is 0 Å². The highest BCUT2D eigenvalue weighted by Crippen LogP contribution is 2.16. The number of nitrogens with zero attached hydrogens (tertiary/aromatic N) is 4. The lowest BCUT2D eigenvalue weighted by Crippen LogP contribution is -2.49. The van der Waals surface area contributed by atoms with Gasteiger partial charge in [0.1, 0.15) is 0 Å². The Morgan fingerprint density at radius 3 is 3.04 bits per heavy atom. The molecule has 2 aromatic rings. The lowest BCUT2D eigenvalue weighted by molar-refractivity contribution is 0.0886. The number of benzene rings is 1. The maximum atomic E-state index is 12.5. The highest BCUT2D eigenvalue weighted by Gasteiger charge is 2.23. The highest BCUT2D eigenvalue weighted by molar-refractivity contribution is 5.95. The molecular weight excluding hydrogens is 292 g/mol. The molecule has 1 saturated heterocycles. The zero-order valence-corrected chi connectivity index (χ0v) is 13.5. The first-order valence-corrected chi connectivity index (χ1v) is 8.02. The summed E-state index contributed by atoms with van der Waals surface area (Å²) in [5, 5.41) is 16.9. The maximum Gasteiger partial charge on any atom is 0.251 e. The molecule has 1 aliphatic heterocycles. The predicted molar refractivity (Wildman–Crippen MR) is 86.8 cm³/mol. The second-order valence-corrected chi connectivity index (χ2v) is 6.23. The van der Waals surface area contributed by atoms with Crippen LogP contribution in [0.25, 0.3) is 11.4 Å². The summed E-state index contributed by atoms with van der Waals surface area (Å²) in [4.78, 5) is 14.9. The number of likely N-dealkylation sites (tertiary alicyclic amines) is 1. The summed E-state index contributed by atoms with van der Waals surface area (Å²) in [6, 6.07) is 8.05. The quantitative estimate of drug-likeness (QED) is 0.892. The number of amides is 1. The fourth-order valence-electron chi connectivity index (χ4n) is 2.95. The first-order valence-electron chi connectivity index (χ1n) is 8.02. The Morgan fingerprint density at radius 2 is 2.30 bits per heavy atom. The van der Waals surface area contributed by atoms with Crippen LogP contribution in [-0.4, -0.2) is 56.6 Å². The van der Waals surface area contributed by atoms with Crippen molar-refractivity contribution in [3.8, 4) is 11.4 Å². The van der Waals surface area contributed by atoms with Crippen LogP contribution in [0.2, 0.25) is 0 Å². The first kappa shape index (κ1) is 15.6. The van der Waals surface area contributed by atoms with Crippen molar-refractivity contribution < 1.29 is 4.79 Å². The van der Waals surface area contributed by atoms with Crippen LogP contribution in [0, 0.1) is 0 Å². The van der Waals surface area contributed by atoms with Crippen molar-refractivity contribution in [3.63, 3.8) is 0 Å². The lowest BCUT2D eigenvalue weighted by Gasteiger charge is -2.35. The van der Waals surface area contributed by atoms with E-state index in [2.05, 4.69) is 44.7 Å². The number of piperidine rings is 1. The molecule has 0 unspecified atom stereocenters. The average Bonchev–Trinajstić information content (AvgIpc) is 3.10. The lowest BCUT2D eigenvalue weighted by atomic mass is 10.0. The summed E-state index contributed by atoms with van der Waals surface area (Å²) >= 11 is 0. The van der Waals surface area contributed by atoms with E-state index in [9.17, 15) is 4.79 Å². The SMILES string of the molecule is CC(C)N1CCC[C@@H](NC(=O)c2cccc(-c3nnn[nH]3)c2)C1. The molecule has 23 heavy (non-hydrogen) atoms. The minimum Gasteiger partial charge on any atom is -0.348 e. The molecule has 122 valence electrons. The van der Waals surface area contributed by atoms with E-state index >= 15 is 0 Å². The molecule has 1 aromatic carbocycles. The number of hydrogen-bond acceptors (Lipinski definition) is 5. The summed E-state index contributed by atoms with van der Waals surface area (Å²) in [7, 11) is 0. The summed E-state index contributed by atoms with van der Waals surface area (Å²) < 4.78 is 0. The molecule has 1 aliphatic rings. The monoisotopic (exact) mass is 314 g/mol. The molecule has 2 N–H and O–H groups in total. The molecule has 7 nitrogen and oxygen atoms in total. The molecule has 2 heterocycles. The normalized spacial score (nSPS) is 19.0. The molecular formula is C16H22N6O. The Labute approximate surface area is 135 Å². The molecule has 1 fully saturated rings. The van der Waals surface area contributed by atoms with Gasteiger partial charge in [-0.2, -0.15) is 0 Å². The summed E-state index contributed by atoms with van der Waals surface area (Å²) in [6.45, 7) is 6.41. The van der Waals surface area contributed by atoms with E-state index < -0.39 is 0 Å². The van der Waals surface area contributed by atoms with Gasteiger partial charge >= 0.3 is 0 Å². The number of rotatable bonds is 4. The van der Waals surface area contributed by atoms with Gasteiger partial charge < -0.3 is 5.32 Å². The third-order valence-electron chi connectivity index (χ3n) is 4.26. The van der Waals surface area contributed by atoms with Gasteiger partial charge in [-0.1, -0.05) is 12.1 Å². The number of carbonyl (C=O) groups is 1. The molecule has 1 aromatic heterocycles. The molecule has 0 bridgehead atoms. The molecule has 1 atom stereocenters. The number of nitrogens with one attached hydrogen (secondary N) is 2. The van der Waals surface area contributed by atoms with Crippen LogP contribution in [0.5, 0.6) is 0 Å². The van der Waals surface area contributed by atoms with Gasteiger partial charge in [-0.05, 0) is 55.8 Å². The first-order chi connectivity index (χ1) is 11.1. The van der Waals surface area contributed by atoms with Gasteiger partial charge in [0.2, 0.25) is 0 Å². The molecule has 7 heteroatoms. The zero-order chi connectivity index (χ0) is 16.2. The molecule has 0 spiro atoms. The Kier molecular flexibility index (Phi) is 4.66. The van der Waals surface area contributed by atoms with Gasteiger partial charge in [0.05, 0.1) is 0 Å². The van der Waals surface area contributed by atoms with Crippen molar-refractivity contribution in [1.82, 2.24) is 30.8 Å². The van der Waals surface area contributed by atoms with Gasteiger partial charge in [-0.15, -0.1) is 5.10 Å². The summed E-state index contributed by atoms with van der Waals surface area (Å²) in [6.07, 6.45) is 2.15. The minimum atomic E-state index is -0.0464. The number of aromatic nitrogens is 4. The molecule has 0 radical (unpaired) electrons. The van der Waals surface area contributed by atoms with E-state index in [1.165, 1.54) is 0 Å². The van der Waals surface area contributed by atoms with Crippen LogP contribution in [0.15, 0.2) is 24.3 Å². The molecule has 1 amide bonds. The van der Waals surface area contributed by atoms with Crippen LogP contribution in [0.1, 0.15) is 37.0 Å². The maximum absolute atomic E-state index is 12.5. The Morgan fingerprint density at radius 1 is 1.43 bits per heavy atom. The Bertz CT molecular complexity index is 654. The van der Waals surface area contributed by atoms with E-state index in [1.807, 2.05) is 18.2 Å². The number of H-pyrrole nitrogens is 1. The zero-order valence-electron chi connectivity index (χ0n) is 13.5. The molecule has 0 aliphatic carbocycles. The molecule has 0 saturated carbocycles.